The zero-order chi connectivity index (χ0) is 14.5. The number of aromatic nitrogens is 1. The highest BCUT2D eigenvalue weighted by Crippen LogP contribution is 2.29. The van der Waals surface area contributed by atoms with Crippen LogP contribution in [-0.2, 0) is 0 Å². The van der Waals surface area contributed by atoms with Gasteiger partial charge in [-0.15, -0.1) is 0 Å². The number of rotatable bonds is 4. The van der Waals surface area contributed by atoms with Crippen molar-refractivity contribution in [3.8, 4) is 0 Å². The molecule has 0 saturated carbocycles. The maximum absolute atomic E-state index is 6.05. The van der Waals surface area contributed by atoms with Gasteiger partial charge in [0.05, 0.1) is 0 Å². The fourth-order valence-corrected chi connectivity index (χ4v) is 3.61. The summed E-state index contributed by atoms with van der Waals surface area (Å²) in [6.45, 7) is 7.65. The fraction of sp³-hybridized carbons (Fsp3) is 0.688. The maximum Gasteiger partial charge on any atom is 0.0486 e. The number of pyridine rings is 1. The maximum atomic E-state index is 6.05. The third kappa shape index (κ3) is 4.03. The van der Waals surface area contributed by atoms with E-state index in [0.717, 1.165) is 29.4 Å². The largest absolute Gasteiger partial charge is 0.329 e. The van der Waals surface area contributed by atoms with Gasteiger partial charge < -0.3 is 5.73 Å². The average molecular weight is 340 g/mol. The first-order valence-electron chi connectivity index (χ1n) is 7.66. The molecule has 1 aliphatic rings. The van der Waals surface area contributed by atoms with Crippen LogP contribution in [0.1, 0.15) is 44.7 Å². The number of hydrogen-bond acceptors (Lipinski definition) is 3. The van der Waals surface area contributed by atoms with Crippen LogP contribution < -0.4 is 5.73 Å². The minimum Gasteiger partial charge on any atom is -0.329 e. The van der Waals surface area contributed by atoms with Crippen molar-refractivity contribution in [3.05, 3.63) is 28.5 Å². The molecule has 0 radical (unpaired) electrons. The molecule has 0 aromatic carbocycles. The standard InChI is InChI=1S/C16H26BrN3/c1-12(2)13-4-3-6-20(7-5-13)16(9-18)14-8-15(17)11-19-10-14/h8,10-13,16H,3-7,9,18H2,1-2H3. The molecule has 0 amide bonds. The van der Waals surface area contributed by atoms with Crippen molar-refractivity contribution in [1.29, 1.82) is 0 Å². The molecule has 1 saturated heterocycles. The zero-order valence-electron chi connectivity index (χ0n) is 12.6. The number of hydrogen-bond donors (Lipinski definition) is 1. The lowest BCUT2D eigenvalue weighted by Crippen LogP contribution is -2.34. The smallest absolute Gasteiger partial charge is 0.0486 e. The summed E-state index contributed by atoms with van der Waals surface area (Å²) in [5, 5.41) is 0. The number of nitrogens with two attached hydrogens (primary N) is 1. The van der Waals surface area contributed by atoms with Crippen molar-refractivity contribution in [3.63, 3.8) is 0 Å². The topological polar surface area (TPSA) is 42.1 Å². The van der Waals surface area contributed by atoms with Gasteiger partial charge in [-0.05, 0) is 71.7 Å². The second kappa shape index (κ2) is 7.53. The van der Waals surface area contributed by atoms with E-state index in [1.807, 2.05) is 12.4 Å². The van der Waals surface area contributed by atoms with E-state index in [-0.39, 0.29) is 0 Å². The van der Waals surface area contributed by atoms with E-state index in [2.05, 4.69) is 45.7 Å². The van der Waals surface area contributed by atoms with Crippen molar-refractivity contribution < 1.29 is 0 Å². The predicted octanol–water partition coefficient (Wildman–Crippen LogP) is 3.60. The molecule has 2 unspecified atom stereocenters. The molecule has 1 aromatic rings. The first-order valence-corrected chi connectivity index (χ1v) is 8.45. The van der Waals surface area contributed by atoms with Crippen molar-refractivity contribution >= 4 is 15.9 Å². The van der Waals surface area contributed by atoms with Gasteiger partial charge in [0.1, 0.15) is 0 Å². The minimum atomic E-state index is 0.297. The highest BCUT2D eigenvalue weighted by molar-refractivity contribution is 9.10. The lowest BCUT2D eigenvalue weighted by atomic mass is 9.89. The quantitative estimate of drug-likeness (QED) is 0.911. The van der Waals surface area contributed by atoms with Gasteiger partial charge >= 0.3 is 0 Å². The lowest BCUT2D eigenvalue weighted by molar-refractivity contribution is 0.203. The van der Waals surface area contributed by atoms with Crippen molar-refractivity contribution in [2.24, 2.45) is 17.6 Å². The summed E-state index contributed by atoms with van der Waals surface area (Å²) >= 11 is 3.51. The van der Waals surface area contributed by atoms with Crippen molar-refractivity contribution in [1.82, 2.24) is 9.88 Å². The molecule has 2 atom stereocenters. The highest BCUT2D eigenvalue weighted by Gasteiger charge is 2.24. The van der Waals surface area contributed by atoms with Gasteiger partial charge in [-0.25, -0.2) is 0 Å². The fourth-order valence-electron chi connectivity index (χ4n) is 3.23. The highest BCUT2D eigenvalue weighted by atomic mass is 79.9. The van der Waals surface area contributed by atoms with Gasteiger partial charge in [0.15, 0.2) is 0 Å². The Balaban J connectivity index is 2.08. The summed E-state index contributed by atoms with van der Waals surface area (Å²) in [7, 11) is 0. The summed E-state index contributed by atoms with van der Waals surface area (Å²) in [6.07, 6.45) is 7.69. The van der Waals surface area contributed by atoms with Crippen LogP contribution in [0.4, 0.5) is 0 Å². The predicted molar refractivity (Wildman–Crippen MR) is 87.5 cm³/mol. The van der Waals surface area contributed by atoms with Crippen LogP contribution in [0.2, 0.25) is 0 Å². The SMILES string of the molecule is CC(C)C1CCCN(C(CN)c2cncc(Br)c2)CC1. The number of likely N-dealkylation sites (tertiary alicyclic amines) is 1. The Morgan fingerprint density at radius 3 is 2.80 bits per heavy atom. The summed E-state index contributed by atoms with van der Waals surface area (Å²) in [5.41, 5.74) is 7.27. The Morgan fingerprint density at radius 2 is 2.15 bits per heavy atom. The summed E-state index contributed by atoms with van der Waals surface area (Å²) in [4.78, 5) is 6.83. The molecule has 0 bridgehead atoms. The van der Waals surface area contributed by atoms with Crippen LogP contribution in [0.25, 0.3) is 0 Å². The third-order valence-electron chi connectivity index (χ3n) is 4.52. The second-order valence-electron chi connectivity index (χ2n) is 6.16. The zero-order valence-corrected chi connectivity index (χ0v) is 14.1. The van der Waals surface area contributed by atoms with Crippen molar-refractivity contribution in [2.45, 2.75) is 39.2 Å². The molecular weight excluding hydrogens is 314 g/mol. The molecule has 2 rings (SSSR count). The van der Waals surface area contributed by atoms with Gasteiger partial charge in [-0.3, -0.25) is 9.88 Å². The molecule has 2 heterocycles. The average Bonchev–Trinajstić information content (AvgIpc) is 2.66. The molecule has 112 valence electrons. The van der Waals surface area contributed by atoms with Gasteiger partial charge in [0, 0.05) is 29.5 Å². The summed E-state index contributed by atoms with van der Waals surface area (Å²) in [5.74, 6) is 1.65. The molecule has 4 heteroatoms. The summed E-state index contributed by atoms with van der Waals surface area (Å²) < 4.78 is 1.03. The molecule has 0 aliphatic carbocycles. The lowest BCUT2D eigenvalue weighted by Gasteiger charge is -2.30. The van der Waals surface area contributed by atoms with Gasteiger partial charge in [-0.2, -0.15) is 0 Å². The van der Waals surface area contributed by atoms with E-state index in [4.69, 9.17) is 5.73 Å². The van der Waals surface area contributed by atoms with Crippen LogP contribution in [0.3, 0.4) is 0 Å². The minimum absolute atomic E-state index is 0.297. The van der Waals surface area contributed by atoms with Crippen LogP contribution >= 0.6 is 15.9 Å². The van der Waals surface area contributed by atoms with E-state index < -0.39 is 0 Å². The Kier molecular flexibility index (Phi) is 6.00. The molecule has 1 aromatic heterocycles. The van der Waals surface area contributed by atoms with E-state index >= 15 is 0 Å². The van der Waals surface area contributed by atoms with Crippen LogP contribution in [0.15, 0.2) is 22.9 Å². The van der Waals surface area contributed by atoms with E-state index in [1.54, 1.807) is 0 Å². The van der Waals surface area contributed by atoms with E-state index in [9.17, 15) is 0 Å². The third-order valence-corrected chi connectivity index (χ3v) is 4.96. The Morgan fingerprint density at radius 1 is 1.35 bits per heavy atom. The Bertz CT molecular complexity index is 422. The number of halogens is 1. The molecule has 2 N–H and O–H groups in total. The molecule has 3 nitrogen and oxygen atoms in total. The van der Waals surface area contributed by atoms with Crippen LogP contribution in [0.5, 0.6) is 0 Å². The van der Waals surface area contributed by atoms with Crippen molar-refractivity contribution in [2.75, 3.05) is 19.6 Å². The molecule has 0 spiro atoms. The van der Waals surface area contributed by atoms with Crippen LogP contribution in [-0.4, -0.2) is 29.5 Å². The molecule has 1 aliphatic heterocycles. The molecule has 1 fully saturated rings. The molecular formula is C16H26BrN3. The normalized spacial score (nSPS) is 22.8. The van der Waals surface area contributed by atoms with Gasteiger partial charge in [0.2, 0.25) is 0 Å². The van der Waals surface area contributed by atoms with Gasteiger partial charge in [0.25, 0.3) is 0 Å². The van der Waals surface area contributed by atoms with E-state index in [0.29, 0.717) is 12.6 Å². The summed E-state index contributed by atoms with van der Waals surface area (Å²) in [6, 6.07) is 2.45. The second-order valence-corrected chi connectivity index (χ2v) is 7.07. The van der Waals surface area contributed by atoms with Crippen LogP contribution in [0, 0.1) is 11.8 Å². The Labute approximate surface area is 131 Å². The first kappa shape index (κ1) is 15.9. The monoisotopic (exact) mass is 339 g/mol. The Hall–Kier alpha value is -0.450. The molecule has 20 heavy (non-hydrogen) atoms. The van der Waals surface area contributed by atoms with Gasteiger partial charge in [-0.1, -0.05) is 13.8 Å². The first-order chi connectivity index (χ1) is 9.61. The number of nitrogens with zero attached hydrogens (tertiary/aromatic N) is 2. The van der Waals surface area contributed by atoms with E-state index in [1.165, 1.54) is 24.8 Å².